The first-order chi connectivity index (χ1) is 18.3. The SMILES string of the molecule is C=C1/C=C\C=N/N(CC2CCC(N3CC(OCC)C3)CC2)/C(C)=C\1C(=O)NCc1c(SC)cc(C)[nH]c1=O. The lowest BCUT2D eigenvalue weighted by Gasteiger charge is -2.46. The Bertz CT molecular complexity index is 1170. The van der Waals surface area contributed by atoms with Crippen molar-refractivity contribution in [1.29, 1.82) is 0 Å². The molecule has 0 unspecified atom stereocenters. The summed E-state index contributed by atoms with van der Waals surface area (Å²) in [6, 6.07) is 2.58. The number of H-pyrrole nitrogens is 1. The number of rotatable bonds is 9. The van der Waals surface area contributed by atoms with E-state index in [0.717, 1.165) is 55.4 Å². The van der Waals surface area contributed by atoms with Gasteiger partial charge in [0.05, 0.1) is 11.7 Å². The van der Waals surface area contributed by atoms with Crippen molar-refractivity contribution in [2.45, 2.75) is 70.0 Å². The van der Waals surface area contributed by atoms with E-state index in [4.69, 9.17) is 4.74 Å². The van der Waals surface area contributed by atoms with Gasteiger partial charge in [-0.1, -0.05) is 12.7 Å². The standard InChI is InChI=1S/C29H41N5O3S/c1-6-37-24-17-33(18-24)23-11-9-22(10-12-23)16-34-21(4)27(19(2)8-7-13-31-34)29(36)30-15-25-26(38-5)14-20(3)32-28(25)35/h7-8,13-14,22-24H,2,6,9-12,15-18H2,1,3-5H3,(H,30,36)(H,32,35)/b8-7-,27-21+,31-13-. The number of carbonyl (C=O) groups excluding carboxylic acids is 1. The van der Waals surface area contributed by atoms with Crippen LogP contribution in [0.3, 0.4) is 0 Å². The first-order valence-corrected chi connectivity index (χ1v) is 14.8. The summed E-state index contributed by atoms with van der Waals surface area (Å²) in [5, 5.41) is 9.58. The van der Waals surface area contributed by atoms with Crippen molar-refractivity contribution >= 4 is 23.9 Å². The summed E-state index contributed by atoms with van der Waals surface area (Å²) >= 11 is 1.50. The Hall–Kier alpha value is -2.62. The van der Waals surface area contributed by atoms with Crippen molar-refractivity contribution in [3.63, 3.8) is 0 Å². The van der Waals surface area contributed by atoms with Crippen molar-refractivity contribution in [3.05, 3.63) is 63.3 Å². The van der Waals surface area contributed by atoms with E-state index in [-0.39, 0.29) is 18.0 Å². The summed E-state index contributed by atoms with van der Waals surface area (Å²) in [6.45, 7) is 13.8. The van der Waals surface area contributed by atoms with Crippen LogP contribution in [0.15, 0.2) is 56.4 Å². The molecule has 1 saturated heterocycles. The number of aromatic nitrogens is 1. The number of hydrazone groups is 1. The lowest BCUT2D eigenvalue weighted by Crippen LogP contribution is -2.57. The van der Waals surface area contributed by atoms with E-state index in [1.54, 1.807) is 12.3 Å². The lowest BCUT2D eigenvalue weighted by atomic mass is 9.84. The van der Waals surface area contributed by atoms with Gasteiger partial charge in [0.1, 0.15) is 0 Å². The molecule has 0 bridgehead atoms. The molecule has 1 aromatic heterocycles. The lowest BCUT2D eigenvalue weighted by molar-refractivity contribution is -0.117. The van der Waals surface area contributed by atoms with Crippen LogP contribution in [-0.2, 0) is 16.1 Å². The van der Waals surface area contributed by atoms with Gasteiger partial charge >= 0.3 is 0 Å². The normalized spacial score (nSPS) is 26.4. The first-order valence-electron chi connectivity index (χ1n) is 13.6. The summed E-state index contributed by atoms with van der Waals surface area (Å²) in [6.07, 6.45) is 12.4. The molecule has 0 aromatic carbocycles. The topological polar surface area (TPSA) is 90.0 Å². The van der Waals surface area contributed by atoms with Crippen LogP contribution < -0.4 is 10.9 Å². The highest BCUT2D eigenvalue weighted by atomic mass is 32.2. The molecule has 1 amide bonds. The summed E-state index contributed by atoms with van der Waals surface area (Å²) in [5.74, 6) is 0.259. The number of ether oxygens (including phenoxy) is 1. The molecule has 9 heteroatoms. The average Bonchev–Trinajstić information content (AvgIpc) is 2.86. The van der Waals surface area contributed by atoms with Crippen LogP contribution >= 0.6 is 11.8 Å². The third-order valence-electron chi connectivity index (χ3n) is 7.80. The molecule has 0 radical (unpaired) electrons. The van der Waals surface area contributed by atoms with Gasteiger partial charge in [0.25, 0.3) is 11.5 Å². The summed E-state index contributed by atoms with van der Waals surface area (Å²) < 4.78 is 5.72. The summed E-state index contributed by atoms with van der Waals surface area (Å²) in [4.78, 5) is 32.2. The minimum Gasteiger partial charge on any atom is -0.376 e. The van der Waals surface area contributed by atoms with Gasteiger partial charge in [0, 0.05) is 66.9 Å². The second kappa shape index (κ2) is 13.0. The molecule has 1 aromatic rings. The molecule has 2 aliphatic heterocycles. The Morgan fingerprint density at radius 2 is 2.00 bits per heavy atom. The molecule has 2 N–H and O–H groups in total. The zero-order valence-corrected chi connectivity index (χ0v) is 23.9. The Morgan fingerprint density at radius 1 is 1.26 bits per heavy atom. The fourth-order valence-electron chi connectivity index (χ4n) is 5.64. The number of thioether (sulfide) groups is 1. The van der Waals surface area contributed by atoms with Crippen LogP contribution in [0.2, 0.25) is 0 Å². The molecule has 4 rings (SSSR count). The monoisotopic (exact) mass is 539 g/mol. The van der Waals surface area contributed by atoms with Crippen LogP contribution in [-0.4, -0.2) is 71.7 Å². The smallest absolute Gasteiger partial charge is 0.254 e. The van der Waals surface area contributed by atoms with Gasteiger partial charge in [-0.05, 0) is 76.3 Å². The highest BCUT2D eigenvalue weighted by Gasteiger charge is 2.35. The predicted molar refractivity (Wildman–Crippen MR) is 154 cm³/mol. The molecular formula is C29H41N5O3S. The number of hydrogen-bond donors (Lipinski definition) is 2. The second-order valence-corrected chi connectivity index (χ2v) is 11.3. The Morgan fingerprint density at radius 3 is 2.68 bits per heavy atom. The zero-order chi connectivity index (χ0) is 27.2. The minimum atomic E-state index is -0.253. The summed E-state index contributed by atoms with van der Waals surface area (Å²) in [5.41, 5.74) is 3.09. The Labute approximate surface area is 230 Å². The number of aryl methyl sites for hydroxylation is 1. The van der Waals surface area contributed by atoms with E-state index < -0.39 is 0 Å². The minimum absolute atomic E-state index is 0.145. The maximum Gasteiger partial charge on any atom is 0.254 e. The van der Waals surface area contributed by atoms with Gasteiger partial charge in [-0.25, -0.2) is 0 Å². The average molecular weight is 540 g/mol. The maximum absolute atomic E-state index is 13.4. The molecule has 206 valence electrons. The first kappa shape index (κ1) is 28.4. The fourth-order valence-corrected chi connectivity index (χ4v) is 6.35. The van der Waals surface area contributed by atoms with E-state index in [0.29, 0.717) is 34.8 Å². The fraction of sp³-hybridized carbons (Fsp3) is 0.552. The molecule has 1 saturated carbocycles. The molecule has 2 fully saturated rings. The van der Waals surface area contributed by atoms with E-state index in [1.165, 1.54) is 24.6 Å². The van der Waals surface area contributed by atoms with Gasteiger partial charge < -0.3 is 15.0 Å². The number of nitrogens with zero attached hydrogens (tertiary/aromatic N) is 3. The third-order valence-corrected chi connectivity index (χ3v) is 8.61. The Kier molecular flexibility index (Phi) is 9.68. The third kappa shape index (κ3) is 6.68. The van der Waals surface area contributed by atoms with Crippen LogP contribution in [0.5, 0.6) is 0 Å². The van der Waals surface area contributed by atoms with Gasteiger partial charge in [0.2, 0.25) is 0 Å². The second-order valence-electron chi connectivity index (χ2n) is 10.4. The molecule has 0 spiro atoms. The van der Waals surface area contributed by atoms with Crippen molar-refractivity contribution in [2.24, 2.45) is 11.0 Å². The van der Waals surface area contributed by atoms with Gasteiger partial charge in [-0.3, -0.25) is 19.5 Å². The van der Waals surface area contributed by atoms with E-state index in [2.05, 4.69) is 33.8 Å². The molecule has 0 atom stereocenters. The number of allylic oxidation sites excluding steroid dienone is 3. The van der Waals surface area contributed by atoms with Crippen LogP contribution in [0.25, 0.3) is 0 Å². The van der Waals surface area contributed by atoms with E-state index in [9.17, 15) is 9.59 Å². The van der Waals surface area contributed by atoms with Gasteiger partial charge in [-0.15, -0.1) is 11.8 Å². The molecule has 3 heterocycles. The van der Waals surface area contributed by atoms with Crippen LogP contribution in [0.1, 0.15) is 50.8 Å². The van der Waals surface area contributed by atoms with Crippen molar-refractivity contribution in [2.75, 3.05) is 32.5 Å². The molecular weight excluding hydrogens is 498 g/mol. The summed E-state index contributed by atoms with van der Waals surface area (Å²) in [7, 11) is 0. The van der Waals surface area contributed by atoms with E-state index >= 15 is 0 Å². The molecule has 38 heavy (non-hydrogen) atoms. The molecule has 3 aliphatic rings. The van der Waals surface area contributed by atoms with Crippen molar-refractivity contribution in [1.82, 2.24) is 20.2 Å². The quantitative estimate of drug-likeness (QED) is 0.462. The van der Waals surface area contributed by atoms with Crippen molar-refractivity contribution in [3.8, 4) is 0 Å². The maximum atomic E-state index is 13.4. The van der Waals surface area contributed by atoms with Crippen LogP contribution in [0, 0.1) is 12.8 Å². The van der Waals surface area contributed by atoms with Gasteiger partial charge in [-0.2, -0.15) is 5.10 Å². The number of carbonyl (C=O) groups is 1. The number of nitrogens with one attached hydrogen (secondary N) is 2. The van der Waals surface area contributed by atoms with Gasteiger partial charge in [0.15, 0.2) is 0 Å². The molecule has 8 nitrogen and oxygen atoms in total. The number of amides is 1. The van der Waals surface area contributed by atoms with Crippen molar-refractivity contribution < 1.29 is 9.53 Å². The largest absolute Gasteiger partial charge is 0.376 e. The highest BCUT2D eigenvalue weighted by molar-refractivity contribution is 7.98. The number of pyridine rings is 1. The number of aromatic amines is 1. The number of likely N-dealkylation sites (tertiary alicyclic amines) is 1. The van der Waals surface area contributed by atoms with Crippen LogP contribution in [0.4, 0.5) is 0 Å². The zero-order valence-electron chi connectivity index (χ0n) is 23.1. The molecule has 1 aliphatic carbocycles. The Balaban J connectivity index is 1.41. The number of hydrogen-bond acceptors (Lipinski definition) is 7. The van der Waals surface area contributed by atoms with E-state index in [1.807, 2.05) is 37.3 Å². The highest BCUT2D eigenvalue weighted by Crippen LogP contribution is 2.32. The predicted octanol–water partition coefficient (Wildman–Crippen LogP) is 3.99.